The summed E-state index contributed by atoms with van der Waals surface area (Å²) >= 11 is 0. The number of amides is 1. The average molecular weight is 1020 g/mol. The summed E-state index contributed by atoms with van der Waals surface area (Å²) in [5.74, 6) is -0.203. The van der Waals surface area contributed by atoms with E-state index in [1.807, 2.05) is 21.1 Å². The number of unbranched alkanes of at least 4 members (excludes halogenated alkanes) is 15. The van der Waals surface area contributed by atoms with Crippen LogP contribution in [0.2, 0.25) is 0 Å². The van der Waals surface area contributed by atoms with Gasteiger partial charge in [0, 0.05) is 6.42 Å². The van der Waals surface area contributed by atoms with Gasteiger partial charge in [0.25, 0.3) is 7.82 Å². The Bertz CT molecular complexity index is 1630. The fourth-order valence-electron chi connectivity index (χ4n) is 7.45. The third-order valence-corrected chi connectivity index (χ3v) is 12.9. The number of phosphoric acid groups is 1. The first kappa shape index (κ1) is 68.6. The summed E-state index contributed by atoms with van der Waals surface area (Å²) in [4.78, 5) is 25.5. The van der Waals surface area contributed by atoms with Gasteiger partial charge in [-0.2, -0.15) is 0 Å². The van der Waals surface area contributed by atoms with E-state index < -0.39 is 20.0 Å². The van der Waals surface area contributed by atoms with E-state index in [2.05, 4.69) is 153 Å². The number of nitrogens with zero attached hydrogens (tertiary/aromatic N) is 1. The van der Waals surface area contributed by atoms with Crippen LogP contribution in [0.5, 0.6) is 0 Å². The van der Waals surface area contributed by atoms with Crippen LogP contribution < -0.4 is 10.2 Å². The average Bonchev–Trinajstić information content (AvgIpc) is 3.34. The molecule has 0 bridgehead atoms. The Hall–Kier alpha value is -3.36. The third kappa shape index (κ3) is 54.4. The highest BCUT2D eigenvalue weighted by Crippen LogP contribution is 2.38. The first-order valence-corrected chi connectivity index (χ1v) is 30.0. The molecule has 0 aliphatic carbocycles. The molecule has 9 heteroatoms. The molecule has 72 heavy (non-hydrogen) atoms. The molecule has 0 aromatic carbocycles. The summed E-state index contributed by atoms with van der Waals surface area (Å²) in [7, 11) is 1.26. The van der Waals surface area contributed by atoms with E-state index in [4.69, 9.17) is 9.05 Å². The van der Waals surface area contributed by atoms with Crippen molar-refractivity contribution in [3.63, 3.8) is 0 Å². The highest BCUT2D eigenvalue weighted by atomic mass is 31.2. The molecular weight excluding hydrogens is 912 g/mol. The zero-order valence-electron chi connectivity index (χ0n) is 46.6. The zero-order chi connectivity index (χ0) is 52.7. The van der Waals surface area contributed by atoms with Crippen molar-refractivity contribution in [1.82, 2.24) is 5.32 Å². The zero-order valence-corrected chi connectivity index (χ0v) is 47.5. The maximum Gasteiger partial charge on any atom is 0.268 e. The number of rotatable bonds is 50. The van der Waals surface area contributed by atoms with Gasteiger partial charge in [0.1, 0.15) is 13.2 Å². The van der Waals surface area contributed by atoms with Gasteiger partial charge in [-0.1, -0.05) is 237 Å². The van der Waals surface area contributed by atoms with Gasteiger partial charge < -0.3 is 28.8 Å². The standard InChI is InChI=1S/C63H107N2O6P/c1-6-8-10-12-14-16-18-20-21-22-23-24-25-26-27-28-29-30-31-32-33-34-35-36-37-38-39-40-41-42-43-45-47-49-51-53-55-57-63(67)64-61(60-71-72(68,69)70-59-58-65(3,4)5)62(66)56-54-52-50-48-46-44-19-17-15-13-11-9-7-2/h8,10,14,16,20-21,23-24,26-27,29-30,32-33,35-36,38-39,41-42,45,47,61-62,66H,6-7,9,11-13,15,17-19,22,25,28,31,34,37,40,43-44,46,48-60H2,1-5H3,(H-,64,67,68,69)/b10-8-,16-14-,21-20-,24-23-,27-26-,30-29-,33-32-,36-35-,39-38-,42-41-,47-45-. The predicted octanol–water partition coefficient (Wildman–Crippen LogP) is 16.9. The number of hydrogen-bond donors (Lipinski definition) is 2. The Labute approximate surface area is 443 Å². The molecule has 2 N–H and O–H groups in total. The van der Waals surface area contributed by atoms with Crippen molar-refractivity contribution in [3.8, 4) is 0 Å². The van der Waals surface area contributed by atoms with E-state index in [0.717, 1.165) is 116 Å². The lowest BCUT2D eigenvalue weighted by Gasteiger charge is -2.30. The van der Waals surface area contributed by atoms with Gasteiger partial charge in [-0.15, -0.1) is 0 Å². The normalized spacial score (nSPS) is 14.9. The van der Waals surface area contributed by atoms with Crippen LogP contribution in [0.15, 0.2) is 134 Å². The van der Waals surface area contributed by atoms with Crippen molar-refractivity contribution in [3.05, 3.63) is 134 Å². The predicted molar refractivity (Wildman–Crippen MR) is 311 cm³/mol. The van der Waals surface area contributed by atoms with Crippen molar-refractivity contribution in [2.45, 2.75) is 219 Å². The molecule has 0 radical (unpaired) electrons. The molecule has 410 valence electrons. The Morgan fingerprint density at radius 2 is 0.847 bits per heavy atom. The second-order valence-corrected chi connectivity index (χ2v) is 21.3. The second kappa shape index (κ2) is 52.5. The number of aliphatic hydroxyl groups excluding tert-OH is 1. The van der Waals surface area contributed by atoms with Crippen molar-refractivity contribution in [2.75, 3.05) is 40.9 Å². The number of nitrogens with one attached hydrogen (secondary N) is 1. The van der Waals surface area contributed by atoms with Crippen LogP contribution in [-0.4, -0.2) is 68.5 Å². The number of likely N-dealkylation sites (N-methyl/N-ethyl adjacent to an activating group) is 1. The van der Waals surface area contributed by atoms with Gasteiger partial charge in [-0.3, -0.25) is 9.36 Å². The van der Waals surface area contributed by atoms with Crippen LogP contribution in [0.4, 0.5) is 0 Å². The maximum atomic E-state index is 12.9. The number of aliphatic hydroxyl groups is 1. The summed E-state index contributed by atoms with van der Waals surface area (Å²) in [5.41, 5.74) is 0. The molecule has 0 heterocycles. The van der Waals surface area contributed by atoms with Crippen LogP contribution in [-0.2, 0) is 18.4 Å². The van der Waals surface area contributed by atoms with Gasteiger partial charge >= 0.3 is 0 Å². The summed E-state index contributed by atoms with van der Waals surface area (Å²) in [6, 6.07) is -0.828. The highest BCUT2D eigenvalue weighted by molar-refractivity contribution is 7.45. The Balaban J connectivity index is 4.23. The molecule has 3 unspecified atom stereocenters. The lowest BCUT2D eigenvalue weighted by Crippen LogP contribution is -2.46. The highest BCUT2D eigenvalue weighted by Gasteiger charge is 2.24. The van der Waals surface area contributed by atoms with E-state index in [9.17, 15) is 19.4 Å². The number of quaternary nitrogens is 1. The molecule has 0 aliphatic rings. The molecular formula is C63H107N2O6P. The molecule has 0 spiro atoms. The lowest BCUT2D eigenvalue weighted by atomic mass is 10.0. The lowest BCUT2D eigenvalue weighted by molar-refractivity contribution is -0.870. The van der Waals surface area contributed by atoms with Gasteiger partial charge in [0.15, 0.2) is 0 Å². The maximum absolute atomic E-state index is 12.9. The summed E-state index contributed by atoms with van der Waals surface area (Å²) in [5, 5.41) is 13.9. The van der Waals surface area contributed by atoms with E-state index in [-0.39, 0.29) is 19.1 Å². The Morgan fingerprint density at radius 1 is 0.500 bits per heavy atom. The summed E-state index contributed by atoms with van der Waals surface area (Å²) < 4.78 is 23.3. The first-order chi connectivity index (χ1) is 35.0. The molecule has 3 atom stereocenters. The number of phosphoric ester groups is 1. The van der Waals surface area contributed by atoms with Gasteiger partial charge in [-0.25, -0.2) is 0 Å². The minimum absolute atomic E-state index is 0.00187. The Kier molecular flexibility index (Phi) is 50.1. The third-order valence-electron chi connectivity index (χ3n) is 11.9. The molecule has 0 rings (SSSR count). The molecule has 0 saturated carbocycles. The fourth-order valence-corrected chi connectivity index (χ4v) is 8.18. The van der Waals surface area contributed by atoms with Gasteiger partial charge in [-0.05, 0) is 96.3 Å². The molecule has 0 aliphatic heterocycles. The second-order valence-electron chi connectivity index (χ2n) is 19.9. The van der Waals surface area contributed by atoms with Crippen molar-refractivity contribution < 1.29 is 32.9 Å². The summed E-state index contributed by atoms with van der Waals surface area (Å²) in [6.07, 6.45) is 79.1. The topological polar surface area (TPSA) is 108 Å². The molecule has 0 aromatic rings. The minimum Gasteiger partial charge on any atom is -0.756 e. The molecule has 0 fully saturated rings. The number of hydrogen-bond acceptors (Lipinski definition) is 6. The van der Waals surface area contributed by atoms with E-state index in [0.29, 0.717) is 23.9 Å². The Morgan fingerprint density at radius 3 is 1.22 bits per heavy atom. The van der Waals surface area contributed by atoms with Gasteiger partial charge in [0.05, 0.1) is 39.9 Å². The number of carbonyl (C=O) groups is 1. The van der Waals surface area contributed by atoms with E-state index >= 15 is 0 Å². The van der Waals surface area contributed by atoms with Gasteiger partial charge in [0.2, 0.25) is 5.91 Å². The van der Waals surface area contributed by atoms with Crippen LogP contribution in [0.25, 0.3) is 0 Å². The fraction of sp³-hybridized carbons (Fsp3) is 0.635. The minimum atomic E-state index is -4.59. The molecule has 1 amide bonds. The number of allylic oxidation sites excluding steroid dienone is 22. The van der Waals surface area contributed by atoms with Crippen LogP contribution >= 0.6 is 7.82 Å². The molecule has 8 nitrogen and oxygen atoms in total. The SMILES string of the molecule is CC/C=C\C/C=C\C/C=C\C/C=C\C/C=C\C/C=C\C/C=C\C/C=C\C/C=C\C/C=C\C/C=C\CCCCCC(=O)NC(COP(=O)([O-])OCC[N+](C)(C)C)C(O)CCCCCCCCCCCCCCC. The largest absolute Gasteiger partial charge is 0.756 e. The van der Waals surface area contributed by atoms with Crippen molar-refractivity contribution >= 4 is 13.7 Å². The molecule has 0 saturated heterocycles. The first-order valence-electron chi connectivity index (χ1n) is 28.5. The van der Waals surface area contributed by atoms with E-state index in [1.165, 1.54) is 64.2 Å². The van der Waals surface area contributed by atoms with Crippen molar-refractivity contribution in [1.29, 1.82) is 0 Å². The van der Waals surface area contributed by atoms with Crippen LogP contribution in [0, 0.1) is 0 Å². The smallest absolute Gasteiger partial charge is 0.268 e. The quantitative estimate of drug-likeness (QED) is 0.0272. The number of carbonyl (C=O) groups excluding carboxylic acids is 1. The van der Waals surface area contributed by atoms with Crippen molar-refractivity contribution in [2.24, 2.45) is 0 Å². The van der Waals surface area contributed by atoms with Crippen LogP contribution in [0.1, 0.15) is 206 Å². The van der Waals surface area contributed by atoms with E-state index in [1.54, 1.807) is 0 Å². The summed E-state index contributed by atoms with van der Waals surface area (Å²) in [6.45, 7) is 4.56. The molecule has 0 aromatic heterocycles. The monoisotopic (exact) mass is 1020 g/mol. The van der Waals surface area contributed by atoms with Crippen LogP contribution in [0.3, 0.4) is 0 Å².